The molecule has 0 aromatic heterocycles. The maximum atomic E-state index is 12.8. The highest BCUT2D eigenvalue weighted by molar-refractivity contribution is 5.71. The van der Waals surface area contributed by atoms with Crippen LogP contribution < -0.4 is 0 Å². The summed E-state index contributed by atoms with van der Waals surface area (Å²) in [6.07, 6.45) is 61.0. The minimum absolute atomic E-state index is 0.0688. The number of allylic oxidation sites excluding steroid dienone is 2. The molecule has 6 heteroatoms. The zero-order valence-corrected chi connectivity index (χ0v) is 43.3. The summed E-state index contributed by atoms with van der Waals surface area (Å²) in [7, 11) is 0. The molecule has 0 aliphatic carbocycles. The summed E-state index contributed by atoms with van der Waals surface area (Å²) in [5, 5.41) is 0. The first-order valence-corrected chi connectivity index (χ1v) is 28.7. The van der Waals surface area contributed by atoms with Gasteiger partial charge in [0.2, 0.25) is 0 Å². The molecule has 0 spiro atoms. The molecule has 0 aromatic carbocycles. The minimum Gasteiger partial charge on any atom is -0.462 e. The molecule has 0 heterocycles. The van der Waals surface area contributed by atoms with E-state index in [-0.39, 0.29) is 31.1 Å². The van der Waals surface area contributed by atoms with Gasteiger partial charge in [0.1, 0.15) is 13.2 Å². The van der Waals surface area contributed by atoms with Gasteiger partial charge in [0, 0.05) is 19.3 Å². The molecule has 1 unspecified atom stereocenters. The van der Waals surface area contributed by atoms with Crippen LogP contribution in [0.1, 0.15) is 323 Å². The van der Waals surface area contributed by atoms with Crippen molar-refractivity contribution in [3.05, 3.63) is 12.2 Å². The van der Waals surface area contributed by atoms with Gasteiger partial charge >= 0.3 is 17.9 Å². The summed E-state index contributed by atoms with van der Waals surface area (Å²) >= 11 is 0. The molecule has 0 fully saturated rings. The van der Waals surface area contributed by atoms with E-state index in [9.17, 15) is 14.4 Å². The van der Waals surface area contributed by atoms with E-state index in [1.54, 1.807) is 0 Å². The molecule has 0 rings (SSSR count). The van der Waals surface area contributed by atoms with E-state index in [1.165, 1.54) is 218 Å². The maximum Gasteiger partial charge on any atom is 0.306 e. The molecule has 378 valence electrons. The van der Waals surface area contributed by atoms with Crippen LogP contribution in [-0.2, 0) is 28.6 Å². The van der Waals surface area contributed by atoms with Gasteiger partial charge in [-0.2, -0.15) is 0 Å². The van der Waals surface area contributed by atoms with Crippen LogP contribution in [0.25, 0.3) is 0 Å². The van der Waals surface area contributed by atoms with Crippen LogP contribution >= 0.6 is 0 Å². The van der Waals surface area contributed by atoms with Crippen LogP contribution in [0.3, 0.4) is 0 Å². The highest BCUT2D eigenvalue weighted by atomic mass is 16.6. The Morgan fingerprint density at radius 1 is 0.297 bits per heavy atom. The Labute approximate surface area is 399 Å². The summed E-state index contributed by atoms with van der Waals surface area (Å²) in [4.78, 5) is 37.8. The smallest absolute Gasteiger partial charge is 0.306 e. The molecule has 0 amide bonds. The molecular formula is C58H110O6. The van der Waals surface area contributed by atoms with E-state index in [0.717, 1.165) is 64.2 Å². The Morgan fingerprint density at radius 2 is 0.516 bits per heavy atom. The quantitative estimate of drug-likeness (QED) is 0.0262. The van der Waals surface area contributed by atoms with Crippen molar-refractivity contribution in [2.45, 2.75) is 329 Å². The number of unbranched alkanes of at least 4 members (excludes halogenated alkanes) is 40. The van der Waals surface area contributed by atoms with Crippen LogP contribution in [-0.4, -0.2) is 37.2 Å². The molecule has 0 aliphatic heterocycles. The standard InChI is InChI=1S/C58H110O6/c1-4-7-10-13-16-18-20-22-24-25-26-27-28-29-30-31-32-33-35-36-38-40-42-45-48-51-57(60)63-54-55(53-62-56(59)50-47-44-15-12-9-6-3)64-58(61)52-49-46-43-41-39-37-34-23-21-19-17-14-11-8-5-2/h23,34,55H,4-22,24-33,35-54H2,1-3H3/b34-23-. The highest BCUT2D eigenvalue weighted by Crippen LogP contribution is 2.17. The first-order chi connectivity index (χ1) is 31.5. The van der Waals surface area contributed by atoms with Crippen molar-refractivity contribution in [1.29, 1.82) is 0 Å². The number of esters is 3. The second-order valence-corrected chi connectivity index (χ2v) is 19.6. The molecule has 6 nitrogen and oxygen atoms in total. The lowest BCUT2D eigenvalue weighted by Crippen LogP contribution is -2.30. The van der Waals surface area contributed by atoms with Crippen LogP contribution in [0.5, 0.6) is 0 Å². The van der Waals surface area contributed by atoms with E-state index in [4.69, 9.17) is 14.2 Å². The van der Waals surface area contributed by atoms with Gasteiger partial charge in [-0.1, -0.05) is 270 Å². The third-order valence-corrected chi connectivity index (χ3v) is 13.0. The number of hydrogen-bond donors (Lipinski definition) is 0. The lowest BCUT2D eigenvalue weighted by atomic mass is 10.0. The lowest BCUT2D eigenvalue weighted by molar-refractivity contribution is -0.167. The average Bonchev–Trinajstić information content (AvgIpc) is 3.29. The summed E-state index contributed by atoms with van der Waals surface area (Å²) in [5.74, 6) is -0.868. The first kappa shape index (κ1) is 62.1. The molecule has 0 saturated heterocycles. The van der Waals surface area contributed by atoms with Gasteiger partial charge < -0.3 is 14.2 Å². The molecule has 0 radical (unpaired) electrons. The van der Waals surface area contributed by atoms with Gasteiger partial charge in [-0.15, -0.1) is 0 Å². The number of ether oxygens (including phenoxy) is 3. The Hall–Kier alpha value is -1.85. The fourth-order valence-corrected chi connectivity index (χ4v) is 8.68. The van der Waals surface area contributed by atoms with Crippen molar-refractivity contribution in [2.75, 3.05) is 13.2 Å². The number of carbonyl (C=O) groups is 3. The second-order valence-electron chi connectivity index (χ2n) is 19.6. The van der Waals surface area contributed by atoms with Crippen LogP contribution in [0.15, 0.2) is 12.2 Å². The van der Waals surface area contributed by atoms with Gasteiger partial charge in [-0.05, 0) is 44.9 Å². The van der Waals surface area contributed by atoms with E-state index in [2.05, 4.69) is 32.9 Å². The van der Waals surface area contributed by atoms with Gasteiger partial charge in [0.15, 0.2) is 6.10 Å². The van der Waals surface area contributed by atoms with E-state index >= 15 is 0 Å². The lowest BCUT2D eigenvalue weighted by Gasteiger charge is -2.18. The molecule has 0 N–H and O–H groups in total. The first-order valence-electron chi connectivity index (χ1n) is 28.7. The van der Waals surface area contributed by atoms with Crippen molar-refractivity contribution < 1.29 is 28.6 Å². The summed E-state index contributed by atoms with van der Waals surface area (Å²) in [5.41, 5.74) is 0. The number of rotatable bonds is 53. The topological polar surface area (TPSA) is 78.9 Å². The third-order valence-electron chi connectivity index (χ3n) is 13.0. The monoisotopic (exact) mass is 903 g/mol. The Bertz CT molecular complexity index is 993. The van der Waals surface area contributed by atoms with Gasteiger partial charge in [-0.25, -0.2) is 0 Å². The molecular weight excluding hydrogens is 793 g/mol. The predicted molar refractivity (Wildman–Crippen MR) is 275 cm³/mol. The third kappa shape index (κ3) is 51.1. The number of hydrogen-bond acceptors (Lipinski definition) is 6. The fourth-order valence-electron chi connectivity index (χ4n) is 8.68. The molecule has 0 bridgehead atoms. The Kier molecular flexibility index (Phi) is 52.2. The Morgan fingerprint density at radius 3 is 0.781 bits per heavy atom. The van der Waals surface area contributed by atoms with Crippen molar-refractivity contribution in [2.24, 2.45) is 0 Å². The predicted octanol–water partition coefficient (Wildman–Crippen LogP) is 18.9. The van der Waals surface area contributed by atoms with Gasteiger partial charge in [-0.3, -0.25) is 14.4 Å². The summed E-state index contributed by atoms with van der Waals surface area (Å²) < 4.78 is 16.7. The fraction of sp³-hybridized carbons (Fsp3) is 0.914. The zero-order chi connectivity index (χ0) is 46.5. The normalized spacial score (nSPS) is 12.0. The van der Waals surface area contributed by atoms with Crippen LogP contribution in [0.2, 0.25) is 0 Å². The van der Waals surface area contributed by atoms with E-state index in [1.807, 2.05) is 0 Å². The second kappa shape index (κ2) is 53.8. The zero-order valence-electron chi connectivity index (χ0n) is 43.3. The van der Waals surface area contributed by atoms with Crippen molar-refractivity contribution >= 4 is 17.9 Å². The highest BCUT2D eigenvalue weighted by Gasteiger charge is 2.19. The maximum absolute atomic E-state index is 12.8. The summed E-state index contributed by atoms with van der Waals surface area (Å²) in [6.45, 7) is 6.62. The molecule has 1 atom stereocenters. The molecule has 0 saturated carbocycles. The minimum atomic E-state index is -0.767. The van der Waals surface area contributed by atoms with Crippen molar-refractivity contribution in [3.8, 4) is 0 Å². The summed E-state index contributed by atoms with van der Waals surface area (Å²) in [6, 6.07) is 0. The molecule has 0 aromatic rings. The Balaban J connectivity index is 4.03. The largest absolute Gasteiger partial charge is 0.462 e. The van der Waals surface area contributed by atoms with E-state index < -0.39 is 6.10 Å². The van der Waals surface area contributed by atoms with Gasteiger partial charge in [0.25, 0.3) is 0 Å². The molecule has 0 aliphatic rings. The average molecular weight is 904 g/mol. The SMILES string of the molecule is CCCCCCCC/C=C\CCCCCCCC(=O)OC(COC(=O)CCCCCCCC)COC(=O)CCCCCCCCCCCCCCCCCCCCCCCCCCC. The molecule has 64 heavy (non-hydrogen) atoms. The van der Waals surface area contributed by atoms with Crippen LogP contribution in [0, 0.1) is 0 Å². The number of carbonyl (C=O) groups excluding carboxylic acids is 3. The van der Waals surface area contributed by atoms with Gasteiger partial charge in [0.05, 0.1) is 0 Å². The van der Waals surface area contributed by atoms with E-state index in [0.29, 0.717) is 19.3 Å². The van der Waals surface area contributed by atoms with Crippen LogP contribution in [0.4, 0.5) is 0 Å². The van der Waals surface area contributed by atoms with Crippen molar-refractivity contribution in [1.82, 2.24) is 0 Å². The van der Waals surface area contributed by atoms with Crippen molar-refractivity contribution in [3.63, 3.8) is 0 Å².